The van der Waals surface area contributed by atoms with Gasteiger partial charge in [-0.3, -0.25) is 0 Å². The van der Waals surface area contributed by atoms with E-state index in [9.17, 15) is 4.39 Å². The monoisotopic (exact) mass is 216 g/mol. The maximum Gasteiger partial charge on any atom is 0.144 e. The van der Waals surface area contributed by atoms with E-state index in [2.05, 4.69) is 0 Å². The van der Waals surface area contributed by atoms with Gasteiger partial charge < -0.3 is 11.1 Å². The maximum absolute atomic E-state index is 12.9. The average molecular weight is 217 g/mol. The predicted molar refractivity (Wildman–Crippen MR) is 59.8 cm³/mol. The zero-order valence-corrected chi connectivity index (χ0v) is 9.24. The minimum absolute atomic E-state index is 0.0303. The highest BCUT2D eigenvalue weighted by Crippen LogP contribution is 2.26. The van der Waals surface area contributed by atoms with E-state index in [1.54, 1.807) is 6.92 Å². The number of hydrogen-bond donors (Lipinski definition) is 2. The van der Waals surface area contributed by atoms with E-state index in [0.29, 0.717) is 11.1 Å². The van der Waals surface area contributed by atoms with Gasteiger partial charge in [-0.1, -0.05) is 25.4 Å². The molecule has 3 N–H and O–H groups in total. The van der Waals surface area contributed by atoms with Crippen molar-refractivity contribution in [1.82, 2.24) is 0 Å². The fourth-order valence-electron chi connectivity index (χ4n) is 0.983. The number of benzene rings is 1. The summed E-state index contributed by atoms with van der Waals surface area (Å²) in [7, 11) is 0. The Hall–Kier alpha value is -1.09. The van der Waals surface area contributed by atoms with Crippen LogP contribution < -0.4 is 5.73 Å². The molecule has 0 aliphatic carbocycles. The zero-order chi connectivity index (χ0) is 11.3. The van der Waals surface area contributed by atoms with Gasteiger partial charge in [-0.2, -0.15) is 0 Å². The predicted octanol–water partition coefficient (Wildman–Crippen LogP) is 3.39. The standard InChI is InChI=1S/C8H8ClFN2.C2H6/c1-4-5(3-11)7(12)2-6(10)8(4)9;1-2/h2-3,11H,12H2,1H3;1-2H3. The van der Waals surface area contributed by atoms with Crippen molar-refractivity contribution in [3.63, 3.8) is 0 Å². The van der Waals surface area contributed by atoms with Gasteiger partial charge >= 0.3 is 0 Å². The molecule has 1 rings (SSSR count). The van der Waals surface area contributed by atoms with E-state index in [1.807, 2.05) is 13.8 Å². The normalized spacial score (nSPS) is 8.93. The summed E-state index contributed by atoms with van der Waals surface area (Å²) in [6.07, 6.45) is 1.07. The Labute approximate surface area is 88.4 Å². The molecule has 0 bridgehead atoms. The van der Waals surface area contributed by atoms with Gasteiger partial charge in [0.25, 0.3) is 0 Å². The third kappa shape index (κ3) is 2.45. The average Bonchev–Trinajstić information content (AvgIpc) is 2.18. The summed E-state index contributed by atoms with van der Waals surface area (Å²) < 4.78 is 12.9. The Morgan fingerprint density at radius 1 is 1.50 bits per heavy atom. The smallest absolute Gasteiger partial charge is 0.144 e. The number of nitrogen functional groups attached to an aromatic ring is 1. The van der Waals surface area contributed by atoms with Crippen LogP contribution >= 0.6 is 11.6 Å². The van der Waals surface area contributed by atoms with Gasteiger partial charge in [-0.15, -0.1) is 0 Å². The lowest BCUT2D eigenvalue weighted by Crippen LogP contribution is -1.98. The van der Waals surface area contributed by atoms with Gasteiger partial charge in [0.15, 0.2) is 0 Å². The fraction of sp³-hybridized carbons (Fsp3) is 0.300. The topological polar surface area (TPSA) is 49.9 Å². The van der Waals surface area contributed by atoms with E-state index in [-0.39, 0.29) is 10.7 Å². The highest BCUT2D eigenvalue weighted by Gasteiger charge is 2.09. The van der Waals surface area contributed by atoms with Crippen molar-refractivity contribution in [2.75, 3.05) is 5.73 Å². The highest BCUT2D eigenvalue weighted by molar-refractivity contribution is 6.32. The molecule has 4 heteroatoms. The Morgan fingerprint density at radius 3 is 2.43 bits per heavy atom. The molecule has 0 heterocycles. The lowest BCUT2D eigenvalue weighted by Gasteiger charge is -2.06. The first-order chi connectivity index (χ1) is 6.57. The van der Waals surface area contributed by atoms with Crippen LogP contribution in [0.5, 0.6) is 0 Å². The summed E-state index contributed by atoms with van der Waals surface area (Å²) >= 11 is 5.60. The molecule has 14 heavy (non-hydrogen) atoms. The second-order valence-corrected chi connectivity index (χ2v) is 2.82. The zero-order valence-electron chi connectivity index (χ0n) is 8.49. The van der Waals surface area contributed by atoms with Crippen LogP contribution in [-0.2, 0) is 0 Å². The Kier molecular flexibility index (Phi) is 5.16. The minimum Gasteiger partial charge on any atom is -0.398 e. The third-order valence-electron chi connectivity index (χ3n) is 1.68. The molecule has 0 atom stereocenters. The Balaban J connectivity index is 0.000000791. The molecule has 0 saturated heterocycles. The van der Waals surface area contributed by atoms with E-state index in [1.165, 1.54) is 0 Å². The second kappa shape index (κ2) is 5.60. The van der Waals surface area contributed by atoms with Crippen LogP contribution in [0.4, 0.5) is 10.1 Å². The minimum atomic E-state index is -0.544. The van der Waals surface area contributed by atoms with Crippen molar-refractivity contribution in [3.8, 4) is 0 Å². The number of anilines is 1. The van der Waals surface area contributed by atoms with Crippen LogP contribution in [0.3, 0.4) is 0 Å². The van der Waals surface area contributed by atoms with Crippen LogP contribution in [0.15, 0.2) is 6.07 Å². The van der Waals surface area contributed by atoms with Crippen molar-refractivity contribution in [2.45, 2.75) is 20.8 Å². The summed E-state index contributed by atoms with van der Waals surface area (Å²) in [6, 6.07) is 1.12. The molecule has 78 valence electrons. The van der Waals surface area contributed by atoms with Gasteiger partial charge in [-0.05, 0) is 18.6 Å². The summed E-state index contributed by atoms with van der Waals surface area (Å²) in [5.41, 5.74) is 6.67. The van der Waals surface area contributed by atoms with Gasteiger partial charge in [0.05, 0.1) is 5.02 Å². The number of nitrogens with two attached hydrogens (primary N) is 1. The SMILES string of the molecule is CC.Cc1c(Cl)c(F)cc(N)c1C=N. The summed E-state index contributed by atoms with van der Waals surface area (Å²) in [5.74, 6) is -0.544. The Bertz CT molecular complexity index is 337. The van der Waals surface area contributed by atoms with Gasteiger partial charge in [0, 0.05) is 17.5 Å². The molecule has 0 aliphatic rings. The van der Waals surface area contributed by atoms with Crippen molar-refractivity contribution in [3.05, 3.63) is 28.0 Å². The first-order valence-corrected chi connectivity index (χ1v) is 4.70. The molecular formula is C10H14ClFN2. The van der Waals surface area contributed by atoms with E-state index >= 15 is 0 Å². The fourth-order valence-corrected chi connectivity index (χ4v) is 1.14. The summed E-state index contributed by atoms with van der Waals surface area (Å²) in [5, 5.41) is 7.04. The molecule has 0 aromatic heterocycles. The number of halogens is 2. The maximum atomic E-state index is 12.9. The lowest BCUT2D eigenvalue weighted by atomic mass is 10.1. The highest BCUT2D eigenvalue weighted by atomic mass is 35.5. The van der Waals surface area contributed by atoms with E-state index < -0.39 is 5.82 Å². The molecule has 0 fully saturated rings. The lowest BCUT2D eigenvalue weighted by molar-refractivity contribution is 0.627. The molecule has 0 aliphatic heterocycles. The largest absolute Gasteiger partial charge is 0.398 e. The first kappa shape index (κ1) is 12.9. The molecule has 0 spiro atoms. The molecular weight excluding hydrogens is 203 g/mol. The Morgan fingerprint density at radius 2 is 2.00 bits per heavy atom. The second-order valence-electron chi connectivity index (χ2n) is 2.44. The van der Waals surface area contributed by atoms with Crippen molar-refractivity contribution in [2.24, 2.45) is 0 Å². The molecule has 1 aromatic carbocycles. The van der Waals surface area contributed by atoms with E-state index in [0.717, 1.165) is 12.3 Å². The van der Waals surface area contributed by atoms with E-state index in [4.69, 9.17) is 22.7 Å². The van der Waals surface area contributed by atoms with Crippen LogP contribution in [0.25, 0.3) is 0 Å². The molecule has 0 radical (unpaired) electrons. The van der Waals surface area contributed by atoms with Gasteiger partial charge in [0.1, 0.15) is 5.82 Å². The summed E-state index contributed by atoms with van der Waals surface area (Å²) in [6.45, 7) is 5.63. The third-order valence-corrected chi connectivity index (χ3v) is 2.14. The summed E-state index contributed by atoms with van der Waals surface area (Å²) in [4.78, 5) is 0. The van der Waals surface area contributed by atoms with Crippen LogP contribution in [0.1, 0.15) is 25.0 Å². The quantitative estimate of drug-likeness (QED) is 0.549. The van der Waals surface area contributed by atoms with Crippen LogP contribution in [0, 0.1) is 18.2 Å². The van der Waals surface area contributed by atoms with Gasteiger partial charge in [0.2, 0.25) is 0 Å². The number of rotatable bonds is 1. The molecule has 1 aromatic rings. The molecule has 2 nitrogen and oxygen atoms in total. The van der Waals surface area contributed by atoms with Gasteiger partial charge in [-0.25, -0.2) is 4.39 Å². The van der Waals surface area contributed by atoms with Crippen molar-refractivity contribution < 1.29 is 4.39 Å². The van der Waals surface area contributed by atoms with Crippen LogP contribution in [0.2, 0.25) is 5.02 Å². The number of nitrogens with one attached hydrogen (secondary N) is 1. The molecule has 0 amide bonds. The van der Waals surface area contributed by atoms with Crippen molar-refractivity contribution in [1.29, 1.82) is 5.41 Å². The first-order valence-electron chi connectivity index (χ1n) is 4.32. The van der Waals surface area contributed by atoms with Crippen molar-refractivity contribution >= 4 is 23.5 Å². The molecule has 0 unspecified atom stereocenters. The van der Waals surface area contributed by atoms with Crippen LogP contribution in [-0.4, -0.2) is 6.21 Å². The molecule has 0 saturated carbocycles. The number of hydrogen-bond acceptors (Lipinski definition) is 2.